The van der Waals surface area contributed by atoms with Gasteiger partial charge in [0.15, 0.2) is 0 Å². The number of aromatic nitrogens is 3. The Labute approximate surface area is 135 Å². The number of hydrogen-bond acceptors (Lipinski definition) is 6. The first kappa shape index (κ1) is 14.8. The number of pyridine rings is 2. The predicted octanol–water partition coefficient (Wildman–Crippen LogP) is 2.02. The third-order valence-corrected chi connectivity index (χ3v) is 3.89. The van der Waals surface area contributed by atoms with Crippen molar-refractivity contribution >= 4 is 23.1 Å². The first-order valence-electron chi connectivity index (χ1n) is 6.65. The average Bonchev–Trinajstić information content (AvgIpc) is 3.06. The van der Waals surface area contributed by atoms with Gasteiger partial charge in [-0.2, -0.15) is 5.10 Å². The van der Waals surface area contributed by atoms with E-state index >= 15 is 0 Å². The minimum Gasteiger partial charge on any atom is -0.350 e. The topological polar surface area (TPSA) is 106 Å². The van der Waals surface area contributed by atoms with E-state index in [1.165, 1.54) is 11.3 Å². The molecule has 0 atom stereocenters. The lowest BCUT2D eigenvalue weighted by atomic mass is 10.2. The zero-order valence-corrected chi connectivity index (χ0v) is 12.7. The maximum Gasteiger partial charge on any atom is 0.332 e. The van der Waals surface area contributed by atoms with Gasteiger partial charge in [0.05, 0.1) is 10.6 Å². The van der Waals surface area contributed by atoms with Crippen LogP contribution >= 0.6 is 11.3 Å². The molecule has 0 saturated heterocycles. The quantitative estimate of drug-likeness (QED) is 0.565. The van der Waals surface area contributed by atoms with Gasteiger partial charge in [-0.3, -0.25) is 9.97 Å². The monoisotopic (exact) mass is 324 g/mol. The lowest BCUT2D eigenvalue weighted by Gasteiger charge is -2.02. The van der Waals surface area contributed by atoms with Crippen LogP contribution in [-0.2, 0) is 0 Å². The molecule has 0 aromatic carbocycles. The summed E-state index contributed by atoms with van der Waals surface area (Å²) in [5.41, 5.74) is 9.36. The molecular weight excluding hydrogens is 312 g/mol. The number of nitrogens with zero attached hydrogens (tertiary/aromatic N) is 4. The van der Waals surface area contributed by atoms with Gasteiger partial charge in [0.2, 0.25) is 0 Å². The molecule has 0 unspecified atom stereocenters. The molecule has 0 aliphatic carbocycles. The number of nitrogens with two attached hydrogens (primary N) is 1. The number of carbonyl (C=O) groups excluding carboxylic acids is 1. The SMILES string of the molecule is NC(=O)N/N=C(/c1ccccn1)c1cnc(-c2cccnc2)s1. The van der Waals surface area contributed by atoms with Gasteiger partial charge in [0.1, 0.15) is 10.7 Å². The zero-order chi connectivity index (χ0) is 16.1. The van der Waals surface area contributed by atoms with E-state index in [2.05, 4.69) is 25.5 Å². The second-order valence-electron chi connectivity index (χ2n) is 4.42. The van der Waals surface area contributed by atoms with Crippen LogP contribution in [0.5, 0.6) is 0 Å². The lowest BCUT2D eigenvalue weighted by Crippen LogP contribution is -2.26. The third-order valence-electron chi connectivity index (χ3n) is 2.83. The summed E-state index contributed by atoms with van der Waals surface area (Å²) in [5.74, 6) is 0. The smallest absolute Gasteiger partial charge is 0.332 e. The number of amides is 2. The molecule has 0 fully saturated rings. The molecule has 0 aliphatic heterocycles. The van der Waals surface area contributed by atoms with Crippen LogP contribution in [0.3, 0.4) is 0 Å². The second-order valence-corrected chi connectivity index (χ2v) is 5.45. The Morgan fingerprint density at radius 2 is 2.04 bits per heavy atom. The molecule has 0 bridgehead atoms. The Bertz CT molecular complexity index is 831. The van der Waals surface area contributed by atoms with Crippen LogP contribution in [-0.4, -0.2) is 26.7 Å². The van der Waals surface area contributed by atoms with E-state index in [1.807, 2.05) is 18.2 Å². The van der Waals surface area contributed by atoms with Gasteiger partial charge in [-0.1, -0.05) is 6.07 Å². The summed E-state index contributed by atoms with van der Waals surface area (Å²) in [6.07, 6.45) is 6.78. The molecule has 2 amide bonds. The van der Waals surface area contributed by atoms with Gasteiger partial charge in [-0.05, 0) is 24.3 Å². The first-order valence-corrected chi connectivity index (χ1v) is 7.47. The summed E-state index contributed by atoms with van der Waals surface area (Å²) in [6, 6.07) is 8.47. The summed E-state index contributed by atoms with van der Waals surface area (Å²) >= 11 is 1.43. The number of nitrogens with one attached hydrogen (secondary N) is 1. The Hall–Kier alpha value is -3.13. The molecule has 3 rings (SSSR count). The molecule has 8 heteroatoms. The Balaban J connectivity index is 1.99. The van der Waals surface area contributed by atoms with Gasteiger partial charge < -0.3 is 5.73 Å². The number of carbonyl (C=O) groups is 1. The highest BCUT2D eigenvalue weighted by Crippen LogP contribution is 2.25. The standard InChI is InChI=1S/C15H12N6OS/c16-15(22)21-20-13(11-5-1-2-7-18-11)12-9-19-14(23-12)10-4-3-6-17-8-10/h1-9H,(H3,16,21,22)/b20-13-. The van der Waals surface area contributed by atoms with Crippen LogP contribution in [0, 0.1) is 0 Å². The van der Waals surface area contributed by atoms with Crippen LogP contribution in [0.2, 0.25) is 0 Å². The van der Waals surface area contributed by atoms with Gasteiger partial charge in [0.25, 0.3) is 0 Å². The van der Waals surface area contributed by atoms with Crippen molar-refractivity contribution < 1.29 is 4.79 Å². The molecule has 0 radical (unpaired) electrons. The molecule has 23 heavy (non-hydrogen) atoms. The highest BCUT2D eigenvalue weighted by atomic mass is 32.1. The fourth-order valence-corrected chi connectivity index (χ4v) is 2.76. The molecule has 0 spiro atoms. The van der Waals surface area contributed by atoms with Crippen molar-refractivity contribution in [2.24, 2.45) is 10.8 Å². The van der Waals surface area contributed by atoms with E-state index in [4.69, 9.17) is 5.73 Å². The molecule has 3 aromatic heterocycles. The minimum atomic E-state index is -0.740. The maximum atomic E-state index is 11.0. The number of thiazole rings is 1. The first-order chi connectivity index (χ1) is 11.2. The number of urea groups is 1. The summed E-state index contributed by atoms with van der Waals surface area (Å²) in [4.78, 5) is 24.4. The van der Waals surface area contributed by atoms with Gasteiger partial charge in [-0.15, -0.1) is 11.3 Å². The highest BCUT2D eigenvalue weighted by Gasteiger charge is 2.14. The van der Waals surface area contributed by atoms with Crippen LogP contribution in [0.25, 0.3) is 10.6 Å². The Morgan fingerprint density at radius 1 is 1.13 bits per heavy atom. The fourth-order valence-electron chi connectivity index (χ4n) is 1.86. The van der Waals surface area contributed by atoms with Crippen molar-refractivity contribution in [3.05, 3.63) is 65.7 Å². The number of hydrogen-bond donors (Lipinski definition) is 2. The fraction of sp³-hybridized carbons (Fsp3) is 0. The van der Waals surface area contributed by atoms with E-state index in [0.29, 0.717) is 11.4 Å². The zero-order valence-electron chi connectivity index (χ0n) is 11.9. The largest absolute Gasteiger partial charge is 0.350 e. The van der Waals surface area contributed by atoms with Crippen molar-refractivity contribution in [1.82, 2.24) is 20.4 Å². The molecule has 0 aliphatic rings. The van der Waals surface area contributed by atoms with Crippen molar-refractivity contribution in [3.8, 4) is 10.6 Å². The van der Waals surface area contributed by atoms with Crippen LogP contribution < -0.4 is 11.2 Å². The number of hydrazone groups is 1. The Kier molecular flexibility index (Phi) is 4.34. The van der Waals surface area contributed by atoms with E-state index in [-0.39, 0.29) is 0 Å². The van der Waals surface area contributed by atoms with Gasteiger partial charge >= 0.3 is 6.03 Å². The molecule has 114 valence electrons. The lowest BCUT2D eigenvalue weighted by molar-refractivity contribution is 0.249. The molecule has 3 heterocycles. The molecule has 7 nitrogen and oxygen atoms in total. The van der Waals surface area contributed by atoms with Crippen molar-refractivity contribution in [2.45, 2.75) is 0 Å². The van der Waals surface area contributed by atoms with Crippen LogP contribution in [0.1, 0.15) is 10.6 Å². The van der Waals surface area contributed by atoms with E-state index in [9.17, 15) is 4.79 Å². The molecule has 0 saturated carbocycles. The van der Waals surface area contributed by atoms with E-state index in [0.717, 1.165) is 15.4 Å². The average molecular weight is 324 g/mol. The summed E-state index contributed by atoms with van der Waals surface area (Å²) in [5, 5.41) is 4.86. The molecule has 3 aromatic rings. The number of rotatable bonds is 4. The highest BCUT2D eigenvalue weighted by molar-refractivity contribution is 7.17. The Morgan fingerprint density at radius 3 is 2.74 bits per heavy atom. The van der Waals surface area contributed by atoms with Crippen LogP contribution in [0.15, 0.2) is 60.2 Å². The van der Waals surface area contributed by atoms with Crippen molar-refractivity contribution in [3.63, 3.8) is 0 Å². The van der Waals surface area contributed by atoms with Crippen molar-refractivity contribution in [2.75, 3.05) is 0 Å². The minimum absolute atomic E-state index is 0.497. The summed E-state index contributed by atoms with van der Waals surface area (Å²) in [6.45, 7) is 0. The normalized spacial score (nSPS) is 11.2. The number of primary amides is 1. The van der Waals surface area contributed by atoms with Crippen molar-refractivity contribution in [1.29, 1.82) is 0 Å². The third kappa shape index (κ3) is 3.55. The van der Waals surface area contributed by atoms with Crippen LogP contribution in [0.4, 0.5) is 4.79 Å². The molecule has 3 N–H and O–H groups in total. The van der Waals surface area contributed by atoms with E-state index in [1.54, 1.807) is 36.9 Å². The second kappa shape index (κ2) is 6.75. The maximum absolute atomic E-state index is 11.0. The molecular formula is C15H12N6OS. The van der Waals surface area contributed by atoms with Gasteiger partial charge in [0, 0.05) is 30.4 Å². The van der Waals surface area contributed by atoms with Gasteiger partial charge in [-0.25, -0.2) is 15.2 Å². The summed E-state index contributed by atoms with van der Waals surface area (Å²) in [7, 11) is 0. The van der Waals surface area contributed by atoms with E-state index < -0.39 is 6.03 Å². The summed E-state index contributed by atoms with van der Waals surface area (Å²) < 4.78 is 0. The predicted molar refractivity (Wildman–Crippen MR) is 87.9 cm³/mol.